The quantitative estimate of drug-likeness (QED) is 0.551. The van der Waals surface area contributed by atoms with E-state index in [2.05, 4.69) is 44.5 Å². The monoisotopic (exact) mass is 485 g/mol. The van der Waals surface area contributed by atoms with Crippen LogP contribution in [0.4, 0.5) is 11.4 Å². The molecular weight excluding hydrogens is 450 g/mol. The fourth-order valence-electron chi connectivity index (χ4n) is 5.21. The standard InChI is InChI=1S/C29H35N5O2/c35-28-18-27(20-31-34(28)21-24-8-3-1-4-9-24)33-17-7-10-25(22-33)29(36)30-19-23-11-13-26(14-12-23)32-15-5-2-6-16-32/h1,3-4,8-9,11-14,18,20,25H,2,5-7,10,15-17,19,21-22H2,(H,30,36)/t25-/m1/s1. The fourth-order valence-corrected chi connectivity index (χ4v) is 5.21. The van der Waals surface area contributed by atoms with Gasteiger partial charge in [-0.05, 0) is 55.4 Å². The summed E-state index contributed by atoms with van der Waals surface area (Å²) in [6.45, 7) is 4.67. The normalized spacial score (nSPS) is 18.2. The third-order valence-electron chi connectivity index (χ3n) is 7.31. The second kappa shape index (κ2) is 11.4. The lowest BCUT2D eigenvalue weighted by Gasteiger charge is -2.33. The van der Waals surface area contributed by atoms with Crippen molar-refractivity contribution in [2.75, 3.05) is 36.0 Å². The van der Waals surface area contributed by atoms with Gasteiger partial charge in [0.25, 0.3) is 5.56 Å². The van der Waals surface area contributed by atoms with Gasteiger partial charge in [0.05, 0.1) is 24.3 Å². The third-order valence-corrected chi connectivity index (χ3v) is 7.31. The van der Waals surface area contributed by atoms with Crippen molar-refractivity contribution in [2.45, 2.75) is 45.2 Å². The molecule has 0 bridgehead atoms. The molecule has 2 aliphatic rings. The number of amides is 1. The van der Waals surface area contributed by atoms with Crippen LogP contribution in [0.15, 0.2) is 71.7 Å². The van der Waals surface area contributed by atoms with Gasteiger partial charge >= 0.3 is 0 Å². The molecule has 7 heteroatoms. The van der Waals surface area contributed by atoms with Crippen molar-refractivity contribution < 1.29 is 4.79 Å². The second-order valence-corrected chi connectivity index (χ2v) is 9.91. The molecular formula is C29H35N5O2. The van der Waals surface area contributed by atoms with Gasteiger partial charge in [-0.2, -0.15) is 5.10 Å². The van der Waals surface area contributed by atoms with E-state index in [-0.39, 0.29) is 17.4 Å². The summed E-state index contributed by atoms with van der Waals surface area (Å²) in [5.74, 6) is -0.0247. The summed E-state index contributed by atoms with van der Waals surface area (Å²) in [5.41, 5.74) is 4.08. The maximum absolute atomic E-state index is 13.0. The Hall–Kier alpha value is -3.61. The molecule has 0 spiro atoms. The number of carbonyl (C=O) groups excluding carboxylic acids is 1. The second-order valence-electron chi connectivity index (χ2n) is 9.91. The van der Waals surface area contributed by atoms with E-state index in [0.29, 0.717) is 19.6 Å². The van der Waals surface area contributed by atoms with E-state index in [4.69, 9.17) is 0 Å². The van der Waals surface area contributed by atoms with Crippen molar-refractivity contribution in [1.29, 1.82) is 0 Å². The lowest BCUT2D eigenvalue weighted by molar-refractivity contribution is -0.125. The van der Waals surface area contributed by atoms with E-state index < -0.39 is 0 Å². The van der Waals surface area contributed by atoms with Crippen LogP contribution in [-0.4, -0.2) is 41.9 Å². The van der Waals surface area contributed by atoms with Gasteiger partial charge < -0.3 is 15.1 Å². The average Bonchev–Trinajstić information content (AvgIpc) is 2.94. The van der Waals surface area contributed by atoms with Crippen molar-refractivity contribution in [1.82, 2.24) is 15.1 Å². The van der Waals surface area contributed by atoms with Gasteiger partial charge in [-0.25, -0.2) is 4.68 Å². The smallest absolute Gasteiger partial charge is 0.269 e. The Morgan fingerprint density at radius 3 is 2.36 bits per heavy atom. The summed E-state index contributed by atoms with van der Waals surface area (Å²) < 4.78 is 1.48. The number of rotatable bonds is 7. The number of piperidine rings is 2. The van der Waals surface area contributed by atoms with E-state index in [1.54, 1.807) is 12.3 Å². The third kappa shape index (κ3) is 5.96. The first-order chi connectivity index (χ1) is 17.7. The van der Waals surface area contributed by atoms with Gasteiger partial charge in [-0.3, -0.25) is 9.59 Å². The Labute approximate surface area is 212 Å². The number of benzene rings is 2. The minimum Gasteiger partial charge on any atom is -0.372 e. The summed E-state index contributed by atoms with van der Waals surface area (Å²) in [7, 11) is 0. The van der Waals surface area contributed by atoms with Crippen LogP contribution < -0.4 is 20.7 Å². The molecule has 2 fully saturated rings. The van der Waals surface area contributed by atoms with Gasteiger partial charge in [0.15, 0.2) is 0 Å². The first kappa shape index (κ1) is 24.1. The van der Waals surface area contributed by atoms with Gasteiger partial charge in [-0.1, -0.05) is 42.5 Å². The highest BCUT2D eigenvalue weighted by molar-refractivity contribution is 5.79. The lowest BCUT2D eigenvalue weighted by atomic mass is 9.96. The Morgan fingerprint density at radius 1 is 0.861 bits per heavy atom. The van der Waals surface area contributed by atoms with Crippen LogP contribution in [0, 0.1) is 5.92 Å². The van der Waals surface area contributed by atoms with E-state index in [9.17, 15) is 9.59 Å². The Kier molecular flexibility index (Phi) is 7.64. The highest BCUT2D eigenvalue weighted by atomic mass is 16.2. The van der Waals surface area contributed by atoms with E-state index >= 15 is 0 Å². The number of carbonyl (C=O) groups is 1. The number of aromatic nitrogens is 2. The molecule has 0 unspecified atom stereocenters. The molecule has 1 aromatic heterocycles. The average molecular weight is 486 g/mol. The van der Waals surface area contributed by atoms with Crippen LogP contribution in [0.2, 0.25) is 0 Å². The zero-order valence-electron chi connectivity index (χ0n) is 20.8. The maximum Gasteiger partial charge on any atom is 0.269 e. The van der Waals surface area contributed by atoms with Crippen LogP contribution in [0.1, 0.15) is 43.2 Å². The topological polar surface area (TPSA) is 70.5 Å². The molecule has 7 nitrogen and oxygen atoms in total. The minimum absolute atomic E-state index is 0.0742. The van der Waals surface area contributed by atoms with Crippen LogP contribution in [0.3, 0.4) is 0 Å². The summed E-state index contributed by atoms with van der Waals surface area (Å²) in [4.78, 5) is 30.2. The molecule has 1 amide bonds. The summed E-state index contributed by atoms with van der Waals surface area (Å²) in [5, 5.41) is 7.52. The SMILES string of the molecule is O=C(NCc1ccc(N2CCCCC2)cc1)[C@@H]1CCCN(c2cnn(Cc3ccccc3)c(=O)c2)C1. The first-order valence-electron chi connectivity index (χ1n) is 13.1. The van der Waals surface area contributed by atoms with Crippen molar-refractivity contribution in [3.63, 3.8) is 0 Å². The highest BCUT2D eigenvalue weighted by Crippen LogP contribution is 2.23. The predicted molar refractivity (Wildman–Crippen MR) is 143 cm³/mol. The van der Waals surface area contributed by atoms with Crippen molar-refractivity contribution >= 4 is 17.3 Å². The molecule has 0 aliphatic carbocycles. The molecule has 1 N–H and O–H groups in total. The zero-order valence-corrected chi connectivity index (χ0v) is 20.8. The number of hydrogen-bond acceptors (Lipinski definition) is 5. The molecule has 188 valence electrons. The van der Waals surface area contributed by atoms with Crippen molar-refractivity contribution in [3.8, 4) is 0 Å². The van der Waals surface area contributed by atoms with Crippen LogP contribution >= 0.6 is 0 Å². The Balaban J connectivity index is 1.15. The first-order valence-corrected chi connectivity index (χ1v) is 13.1. The van der Waals surface area contributed by atoms with Crippen LogP contribution in [0.5, 0.6) is 0 Å². The fraction of sp³-hybridized carbons (Fsp3) is 0.414. The Bertz CT molecular complexity index is 1200. The van der Waals surface area contributed by atoms with E-state index in [1.807, 2.05) is 30.3 Å². The molecule has 3 heterocycles. The number of nitrogens with zero attached hydrogens (tertiary/aromatic N) is 4. The zero-order chi connectivity index (χ0) is 24.7. The van der Waals surface area contributed by atoms with Gasteiger partial charge in [0, 0.05) is 44.5 Å². The minimum atomic E-state index is -0.129. The molecule has 5 rings (SSSR count). The van der Waals surface area contributed by atoms with E-state index in [1.165, 1.54) is 29.6 Å². The Morgan fingerprint density at radius 2 is 1.61 bits per heavy atom. The molecule has 2 aromatic carbocycles. The molecule has 2 saturated heterocycles. The van der Waals surface area contributed by atoms with Gasteiger partial charge in [-0.15, -0.1) is 0 Å². The molecule has 3 aromatic rings. The van der Waals surface area contributed by atoms with Gasteiger partial charge in [0.1, 0.15) is 0 Å². The van der Waals surface area contributed by atoms with Crippen molar-refractivity contribution in [2.24, 2.45) is 5.92 Å². The van der Waals surface area contributed by atoms with Gasteiger partial charge in [0.2, 0.25) is 5.91 Å². The summed E-state index contributed by atoms with van der Waals surface area (Å²) in [6.07, 6.45) is 7.36. The number of nitrogens with one attached hydrogen (secondary N) is 1. The molecule has 36 heavy (non-hydrogen) atoms. The van der Waals surface area contributed by atoms with Crippen LogP contribution in [-0.2, 0) is 17.9 Å². The van der Waals surface area contributed by atoms with Crippen LogP contribution in [0.25, 0.3) is 0 Å². The molecule has 0 saturated carbocycles. The van der Waals surface area contributed by atoms with E-state index in [0.717, 1.165) is 49.3 Å². The molecule has 2 aliphatic heterocycles. The molecule has 0 radical (unpaired) electrons. The van der Waals surface area contributed by atoms with Crippen molar-refractivity contribution in [3.05, 3.63) is 88.3 Å². The highest BCUT2D eigenvalue weighted by Gasteiger charge is 2.26. The summed E-state index contributed by atoms with van der Waals surface area (Å²) >= 11 is 0. The largest absolute Gasteiger partial charge is 0.372 e. The lowest BCUT2D eigenvalue weighted by Crippen LogP contribution is -2.43. The number of anilines is 2. The summed E-state index contributed by atoms with van der Waals surface area (Å²) in [6, 6.07) is 20.1. The molecule has 1 atom stereocenters. The predicted octanol–water partition coefficient (Wildman–Crippen LogP) is 3.81. The number of hydrogen-bond donors (Lipinski definition) is 1. The maximum atomic E-state index is 13.0.